The van der Waals surface area contributed by atoms with Gasteiger partial charge in [-0.3, -0.25) is 0 Å². The molecule has 2 fully saturated rings. The fraction of sp³-hybridized carbons (Fsp3) is 0.500. The molecule has 14 heavy (non-hydrogen) atoms. The SMILES string of the molecule is NC1[C@H]2CN(c3ccc(Cl)cn3)C[C@@H]12. The summed E-state index contributed by atoms with van der Waals surface area (Å²) in [7, 11) is 0. The molecule has 1 aliphatic heterocycles. The second-order valence-electron chi connectivity index (χ2n) is 4.14. The lowest BCUT2D eigenvalue weighted by Gasteiger charge is -2.19. The molecule has 3 atom stereocenters. The van der Waals surface area contributed by atoms with Gasteiger partial charge in [0.15, 0.2) is 0 Å². The summed E-state index contributed by atoms with van der Waals surface area (Å²) < 4.78 is 0. The zero-order valence-electron chi connectivity index (χ0n) is 7.73. The van der Waals surface area contributed by atoms with E-state index >= 15 is 0 Å². The highest BCUT2D eigenvalue weighted by Crippen LogP contribution is 2.44. The van der Waals surface area contributed by atoms with Crippen LogP contribution in [0.2, 0.25) is 5.02 Å². The standard InChI is InChI=1S/C10H12ClN3/c11-6-1-2-9(13-3-6)14-4-7-8(5-14)10(7)12/h1-3,7-8,10H,4-5,12H2/t7-,8+,10?. The molecular weight excluding hydrogens is 198 g/mol. The van der Waals surface area contributed by atoms with Crippen molar-refractivity contribution in [2.45, 2.75) is 6.04 Å². The Hall–Kier alpha value is -0.800. The van der Waals surface area contributed by atoms with E-state index in [1.54, 1.807) is 6.20 Å². The lowest BCUT2D eigenvalue weighted by Crippen LogP contribution is -2.28. The molecule has 1 aliphatic carbocycles. The normalized spacial score (nSPS) is 34.4. The molecule has 0 aromatic carbocycles. The molecule has 3 rings (SSSR count). The van der Waals surface area contributed by atoms with Gasteiger partial charge in [-0.05, 0) is 24.0 Å². The van der Waals surface area contributed by atoms with Crippen LogP contribution in [0.3, 0.4) is 0 Å². The third-order valence-corrected chi connectivity index (χ3v) is 3.52. The fourth-order valence-corrected chi connectivity index (χ4v) is 2.43. The number of halogens is 1. The second-order valence-corrected chi connectivity index (χ2v) is 4.58. The van der Waals surface area contributed by atoms with Gasteiger partial charge in [-0.1, -0.05) is 11.6 Å². The van der Waals surface area contributed by atoms with Crippen LogP contribution in [0.5, 0.6) is 0 Å². The summed E-state index contributed by atoms with van der Waals surface area (Å²) in [6.07, 6.45) is 1.70. The summed E-state index contributed by atoms with van der Waals surface area (Å²) in [4.78, 5) is 6.58. The molecule has 2 N–H and O–H groups in total. The van der Waals surface area contributed by atoms with Crippen molar-refractivity contribution in [1.29, 1.82) is 0 Å². The fourth-order valence-electron chi connectivity index (χ4n) is 2.31. The summed E-state index contributed by atoms with van der Waals surface area (Å²) in [6, 6.07) is 4.30. The molecule has 0 spiro atoms. The minimum atomic E-state index is 0.443. The number of fused-ring (bicyclic) bond motifs is 1. The van der Waals surface area contributed by atoms with Crippen molar-refractivity contribution >= 4 is 17.4 Å². The Kier molecular flexibility index (Phi) is 1.73. The van der Waals surface area contributed by atoms with Crippen molar-refractivity contribution in [3.8, 4) is 0 Å². The molecule has 3 nitrogen and oxygen atoms in total. The van der Waals surface area contributed by atoms with Crippen molar-refractivity contribution in [1.82, 2.24) is 4.98 Å². The zero-order valence-corrected chi connectivity index (χ0v) is 8.48. The Labute approximate surface area is 87.9 Å². The van der Waals surface area contributed by atoms with E-state index in [2.05, 4.69) is 9.88 Å². The van der Waals surface area contributed by atoms with Crippen LogP contribution in [0.4, 0.5) is 5.82 Å². The first-order chi connectivity index (χ1) is 6.75. The molecule has 0 radical (unpaired) electrons. The highest BCUT2D eigenvalue weighted by molar-refractivity contribution is 6.30. The van der Waals surface area contributed by atoms with Crippen LogP contribution in [0.1, 0.15) is 0 Å². The molecule has 1 unspecified atom stereocenters. The van der Waals surface area contributed by atoms with Crippen LogP contribution in [-0.2, 0) is 0 Å². The summed E-state index contributed by atoms with van der Waals surface area (Å²) in [5.74, 6) is 2.42. The van der Waals surface area contributed by atoms with Gasteiger partial charge in [-0.25, -0.2) is 4.98 Å². The first kappa shape index (κ1) is 8.50. The van der Waals surface area contributed by atoms with E-state index in [1.807, 2.05) is 12.1 Å². The van der Waals surface area contributed by atoms with Gasteiger partial charge in [0.25, 0.3) is 0 Å². The predicted molar refractivity (Wildman–Crippen MR) is 56.4 cm³/mol. The number of hydrogen-bond acceptors (Lipinski definition) is 3. The molecule has 2 aliphatic rings. The van der Waals surface area contributed by atoms with Crippen LogP contribution in [0, 0.1) is 11.8 Å². The number of nitrogens with two attached hydrogens (primary N) is 1. The Morgan fingerprint density at radius 1 is 1.36 bits per heavy atom. The Balaban J connectivity index is 1.76. The van der Waals surface area contributed by atoms with Crippen LogP contribution in [0.25, 0.3) is 0 Å². The van der Waals surface area contributed by atoms with Crippen molar-refractivity contribution < 1.29 is 0 Å². The monoisotopic (exact) mass is 209 g/mol. The third-order valence-electron chi connectivity index (χ3n) is 3.30. The smallest absolute Gasteiger partial charge is 0.128 e. The van der Waals surface area contributed by atoms with Crippen LogP contribution < -0.4 is 10.6 Å². The number of nitrogens with zero attached hydrogens (tertiary/aromatic N) is 2. The summed E-state index contributed by atoms with van der Waals surface area (Å²) in [5, 5.41) is 0.690. The molecule has 1 saturated carbocycles. The minimum Gasteiger partial charge on any atom is -0.356 e. The second kappa shape index (κ2) is 2.84. The topological polar surface area (TPSA) is 42.1 Å². The molecule has 74 valence electrons. The van der Waals surface area contributed by atoms with Crippen LogP contribution in [-0.4, -0.2) is 24.1 Å². The first-order valence-electron chi connectivity index (χ1n) is 4.88. The van der Waals surface area contributed by atoms with Crippen molar-refractivity contribution in [3.05, 3.63) is 23.4 Å². The summed E-state index contributed by atoms with van der Waals surface area (Å²) in [6.45, 7) is 2.11. The van der Waals surface area contributed by atoms with Gasteiger partial charge in [0.2, 0.25) is 0 Å². The van der Waals surface area contributed by atoms with Crippen LogP contribution >= 0.6 is 11.6 Å². The average molecular weight is 210 g/mol. The minimum absolute atomic E-state index is 0.443. The summed E-state index contributed by atoms with van der Waals surface area (Å²) >= 11 is 5.78. The van der Waals surface area contributed by atoms with E-state index in [-0.39, 0.29) is 0 Å². The molecule has 0 bridgehead atoms. The lowest BCUT2D eigenvalue weighted by atomic mass is 10.3. The van der Waals surface area contributed by atoms with E-state index in [1.165, 1.54) is 0 Å². The molecule has 0 amide bonds. The predicted octanol–water partition coefficient (Wildman–Crippen LogP) is 1.13. The van der Waals surface area contributed by atoms with Gasteiger partial charge in [0.1, 0.15) is 5.82 Å². The molecule has 1 aromatic heterocycles. The molecule has 2 heterocycles. The largest absolute Gasteiger partial charge is 0.356 e. The lowest BCUT2D eigenvalue weighted by molar-refractivity contribution is 0.735. The van der Waals surface area contributed by atoms with Crippen molar-refractivity contribution in [3.63, 3.8) is 0 Å². The third kappa shape index (κ3) is 1.20. The van der Waals surface area contributed by atoms with E-state index in [9.17, 15) is 0 Å². The van der Waals surface area contributed by atoms with Gasteiger partial charge in [0, 0.05) is 25.3 Å². The van der Waals surface area contributed by atoms with Gasteiger partial charge < -0.3 is 10.6 Å². The van der Waals surface area contributed by atoms with Gasteiger partial charge >= 0.3 is 0 Å². The van der Waals surface area contributed by atoms with Crippen LogP contribution in [0.15, 0.2) is 18.3 Å². The number of rotatable bonds is 1. The van der Waals surface area contributed by atoms with Gasteiger partial charge in [-0.2, -0.15) is 0 Å². The van der Waals surface area contributed by atoms with Gasteiger partial charge in [0.05, 0.1) is 5.02 Å². The first-order valence-corrected chi connectivity index (χ1v) is 5.25. The van der Waals surface area contributed by atoms with Gasteiger partial charge in [-0.15, -0.1) is 0 Å². The maximum absolute atomic E-state index is 5.87. The van der Waals surface area contributed by atoms with E-state index < -0.39 is 0 Å². The highest BCUT2D eigenvalue weighted by atomic mass is 35.5. The maximum Gasteiger partial charge on any atom is 0.128 e. The van der Waals surface area contributed by atoms with E-state index in [4.69, 9.17) is 17.3 Å². The number of piperidine rings is 1. The molecule has 1 aromatic rings. The zero-order chi connectivity index (χ0) is 9.71. The quantitative estimate of drug-likeness (QED) is 0.754. The average Bonchev–Trinajstić information content (AvgIpc) is 2.66. The summed E-state index contributed by atoms with van der Waals surface area (Å²) in [5.41, 5.74) is 5.87. The van der Waals surface area contributed by atoms with E-state index in [0.717, 1.165) is 18.9 Å². The van der Waals surface area contributed by atoms with E-state index in [0.29, 0.717) is 22.9 Å². The number of pyridine rings is 1. The Morgan fingerprint density at radius 2 is 2.07 bits per heavy atom. The maximum atomic E-state index is 5.87. The Bertz CT molecular complexity index is 339. The van der Waals surface area contributed by atoms with Crippen molar-refractivity contribution in [2.24, 2.45) is 17.6 Å². The van der Waals surface area contributed by atoms with Crippen molar-refractivity contribution in [2.75, 3.05) is 18.0 Å². The highest BCUT2D eigenvalue weighted by Gasteiger charge is 2.53. The Morgan fingerprint density at radius 3 is 2.64 bits per heavy atom. The molecule has 1 saturated heterocycles. The number of aromatic nitrogens is 1. The molecule has 4 heteroatoms. The number of hydrogen-bond donors (Lipinski definition) is 1. The molecular formula is C10H12ClN3. The number of anilines is 1.